The van der Waals surface area contributed by atoms with Crippen LogP contribution in [0, 0.1) is 11.8 Å². The van der Waals surface area contributed by atoms with E-state index in [1.807, 2.05) is 0 Å². The highest BCUT2D eigenvalue weighted by Gasteiger charge is 2.43. The quantitative estimate of drug-likeness (QED) is 0.111. The average Bonchev–Trinajstić information content (AvgIpc) is 3.74. The predicted octanol–water partition coefficient (Wildman–Crippen LogP) is 6.82. The number of amides is 4. The Hall–Kier alpha value is -5.20. The summed E-state index contributed by atoms with van der Waals surface area (Å²) in [5.41, 5.74) is 0.695. The molecule has 58 heavy (non-hydrogen) atoms. The summed E-state index contributed by atoms with van der Waals surface area (Å²) < 4.78 is 41.3. The van der Waals surface area contributed by atoms with Crippen LogP contribution >= 0.6 is 11.6 Å². The first kappa shape index (κ1) is 43.9. The Kier molecular flexibility index (Phi) is 13.4. The number of anilines is 1. The van der Waals surface area contributed by atoms with Crippen molar-refractivity contribution >= 4 is 63.1 Å². The highest BCUT2D eigenvalue weighted by Crippen LogP contribution is 2.43. The van der Waals surface area contributed by atoms with E-state index < -0.39 is 45.5 Å². The van der Waals surface area contributed by atoms with E-state index in [2.05, 4.69) is 30.7 Å². The number of piperidine rings is 1. The van der Waals surface area contributed by atoms with Crippen molar-refractivity contribution in [2.75, 3.05) is 38.3 Å². The zero-order valence-electron chi connectivity index (χ0n) is 33.8. The fourth-order valence-corrected chi connectivity index (χ4v) is 7.95. The molecule has 2 aromatic carbocycles. The Morgan fingerprint density at radius 3 is 1.95 bits per heavy atom. The Bertz CT molecular complexity index is 2090. The summed E-state index contributed by atoms with van der Waals surface area (Å²) in [6.07, 6.45) is 0.803. The van der Waals surface area contributed by atoms with Gasteiger partial charge in [-0.15, -0.1) is 0 Å². The SMILES string of the molecule is COC(=O)Nc1ccc(-c2nc([C@H]3C[C@@H](C4CCN(S(C)(=O)=O)CC4)CN3C(=O)c3ccc(N=C(NC(=O)OC(C)(C)C)NC(=O)OC(C)(C)C)cc3)[nH]c2Cl)cc1. The molecule has 19 heteroatoms. The molecule has 0 radical (unpaired) electrons. The summed E-state index contributed by atoms with van der Waals surface area (Å²) in [4.78, 5) is 65.5. The Morgan fingerprint density at radius 2 is 1.43 bits per heavy atom. The molecule has 2 saturated heterocycles. The lowest BCUT2D eigenvalue weighted by molar-refractivity contribution is 0.0544. The van der Waals surface area contributed by atoms with Crippen molar-refractivity contribution in [3.05, 3.63) is 65.1 Å². The molecule has 0 spiro atoms. The van der Waals surface area contributed by atoms with E-state index in [1.54, 1.807) is 95.0 Å². The summed E-state index contributed by atoms with van der Waals surface area (Å²) in [6.45, 7) is 11.4. The number of alkyl carbamates (subject to hydrolysis) is 2. The summed E-state index contributed by atoms with van der Waals surface area (Å²) in [5, 5.41) is 7.77. The molecule has 17 nitrogen and oxygen atoms in total. The maximum absolute atomic E-state index is 14.4. The maximum Gasteiger partial charge on any atom is 0.414 e. The number of ether oxygens (including phenoxy) is 3. The summed E-state index contributed by atoms with van der Waals surface area (Å²) in [7, 11) is -2.04. The highest BCUT2D eigenvalue weighted by atomic mass is 35.5. The van der Waals surface area contributed by atoms with E-state index in [0.29, 0.717) is 72.9 Å². The Morgan fingerprint density at radius 1 is 0.862 bits per heavy atom. The van der Waals surface area contributed by atoms with E-state index in [4.69, 9.17) is 26.1 Å². The van der Waals surface area contributed by atoms with Gasteiger partial charge in [0.25, 0.3) is 5.91 Å². The number of nitrogens with zero attached hydrogens (tertiary/aromatic N) is 4. The van der Waals surface area contributed by atoms with E-state index in [1.165, 1.54) is 17.7 Å². The van der Waals surface area contributed by atoms with Gasteiger partial charge in [0, 0.05) is 36.4 Å². The molecule has 0 unspecified atom stereocenters. The summed E-state index contributed by atoms with van der Waals surface area (Å²) in [5.74, 6) is 0.197. The van der Waals surface area contributed by atoms with E-state index in [-0.39, 0.29) is 28.9 Å². The number of benzene rings is 2. The molecule has 2 atom stereocenters. The van der Waals surface area contributed by atoms with Crippen LogP contribution in [0.2, 0.25) is 5.15 Å². The molecule has 3 aromatic rings. The molecule has 2 aliphatic heterocycles. The van der Waals surface area contributed by atoms with Crippen LogP contribution in [0.1, 0.15) is 83.0 Å². The van der Waals surface area contributed by atoms with Gasteiger partial charge in [-0.2, -0.15) is 0 Å². The average molecular weight is 843 g/mol. The minimum Gasteiger partial charge on any atom is -0.453 e. The number of rotatable bonds is 7. The van der Waals surface area contributed by atoms with Crippen LogP contribution in [-0.2, 0) is 24.2 Å². The molecule has 3 heterocycles. The first-order chi connectivity index (χ1) is 27.1. The van der Waals surface area contributed by atoms with Gasteiger partial charge in [0.05, 0.1) is 25.1 Å². The van der Waals surface area contributed by atoms with Gasteiger partial charge in [-0.25, -0.2) is 37.1 Å². The number of H-pyrrole nitrogens is 1. The highest BCUT2D eigenvalue weighted by molar-refractivity contribution is 7.88. The van der Waals surface area contributed by atoms with Crippen molar-refractivity contribution < 1.29 is 41.8 Å². The molecule has 314 valence electrons. The van der Waals surface area contributed by atoms with Crippen LogP contribution in [0.5, 0.6) is 0 Å². The number of carbonyl (C=O) groups is 4. The smallest absolute Gasteiger partial charge is 0.414 e. The number of aliphatic imine (C=N–C) groups is 1. The molecular weight excluding hydrogens is 792 g/mol. The molecule has 0 aliphatic carbocycles. The van der Waals surface area contributed by atoms with Crippen molar-refractivity contribution in [3.8, 4) is 11.3 Å². The van der Waals surface area contributed by atoms with Gasteiger partial charge in [-0.3, -0.25) is 20.7 Å². The number of sulfonamides is 1. The topological polar surface area (TPSA) is 214 Å². The predicted molar refractivity (Wildman–Crippen MR) is 218 cm³/mol. The van der Waals surface area contributed by atoms with Crippen LogP contribution in [-0.4, -0.2) is 102 Å². The van der Waals surface area contributed by atoms with Crippen LogP contribution in [0.4, 0.5) is 25.8 Å². The molecule has 0 bridgehead atoms. The minimum atomic E-state index is -3.31. The van der Waals surface area contributed by atoms with E-state index in [9.17, 15) is 27.6 Å². The molecule has 2 fully saturated rings. The summed E-state index contributed by atoms with van der Waals surface area (Å²) >= 11 is 6.72. The summed E-state index contributed by atoms with van der Waals surface area (Å²) in [6, 6.07) is 12.8. The van der Waals surface area contributed by atoms with Crippen LogP contribution in [0.15, 0.2) is 53.5 Å². The fourth-order valence-electron chi connectivity index (χ4n) is 6.83. The van der Waals surface area contributed by atoms with Crippen molar-refractivity contribution in [2.45, 2.75) is 78.0 Å². The number of guanidine groups is 1. The molecule has 2 aliphatic rings. The second kappa shape index (κ2) is 17.7. The Balaban J connectivity index is 1.41. The number of hydrogen-bond donors (Lipinski definition) is 4. The first-order valence-electron chi connectivity index (χ1n) is 18.7. The third-order valence-corrected chi connectivity index (χ3v) is 11.0. The standard InChI is InChI=1S/C39H51ClN8O9S/c1-38(2,3)56-36(51)45-34(46-37(52)57-39(4,5)6)41-27-15-11-25(12-16-27)33(49)48-22-26(23-17-19-47(20-18-23)58(8,53)54)21-29(48)32-43-30(31(40)44-32)24-9-13-28(14-10-24)42-35(50)55-7/h9-16,23,26,29H,17-22H2,1-8H3,(H,42,50)(H,43,44)(H2,41,45,46,51,52)/t26-,29-/m1/s1. The number of imidazole rings is 1. The van der Waals surface area contributed by atoms with Gasteiger partial charge in [0.15, 0.2) is 0 Å². The van der Waals surface area contributed by atoms with Crippen LogP contribution in [0.25, 0.3) is 11.3 Å². The lowest BCUT2D eigenvalue weighted by Crippen LogP contribution is -2.47. The van der Waals surface area contributed by atoms with Gasteiger partial charge in [0.2, 0.25) is 16.0 Å². The van der Waals surface area contributed by atoms with Crippen LogP contribution in [0.3, 0.4) is 0 Å². The van der Waals surface area contributed by atoms with E-state index >= 15 is 0 Å². The number of hydrogen-bond acceptors (Lipinski definition) is 11. The molecule has 4 N–H and O–H groups in total. The van der Waals surface area contributed by atoms with Crippen LogP contribution < -0.4 is 16.0 Å². The first-order valence-corrected chi connectivity index (χ1v) is 21.0. The second-order valence-electron chi connectivity index (χ2n) is 16.2. The number of halogens is 1. The Labute approximate surface area is 343 Å². The third kappa shape index (κ3) is 11.9. The van der Waals surface area contributed by atoms with Crippen molar-refractivity contribution in [1.29, 1.82) is 0 Å². The molecule has 5 rings (SSSR count). The zero-order valence-corrected chi connectivity index (χ0v) is 35.4. The maximum atomic E-state index is 14.4. The van der Waals surface area contributed by atoms with Gasteiger partial charge in [0.1, 0.15) is 27.9 Å². The van der Waals surface area contributed by atoms with Gasteiger partial charge >= 0.3 is 18.3 Å². The van der Waals surface area contributed by atoms with Crippen molar-refractivity contribution in [3.63, 3.8) is 0 Å². The lowest BCUT2D eigenvalue weighted by atomic mass is 9.83. The zero-order chi connectivity index (χ0) is 42.6. The molecule has 1 aromatic heterocycles. The van der Waals surface area contributed by atoms with Gasteiger partial charge in [-0.1, -0.05) is 23.7 Å². The third-order valence-electron chi connectivity index (χ3n) is 9.41. The number of likely N-dealkylation sites (tertiary alicyclic amines) is 1. The van der Waals surface area contributed by atoms with Gasteiger partial charge in [-0.05, 0) is 109 Å². The van der Waals surface area contributed by atoms with Crippen molar-refractivity contribution in [1.82, 2.24) is 29.8 Å². The number of carbonyl (C=O) groups excluding carboxylic acids is 4. The minimum absolute atomic E-state index is 0.0518. The second-order valence-corrected chi connectivity index (χ2v) is 18.6. The lowest BCUT2D eigenvalue weighted by Gasteiger charge is -2.33. The monoisotopic (exact) mass is 842 g/mol. The largest absolute Gasteiger partial charge is 0.453 e. The fraction of sp³-hybridized carbons (Fsp3) is 0.487. The molecular formula is C39H51ClN8O9S. The normalized spacial score (nSPS) is 17.9. The number of nitrogens with one attached hydrogen (secondary N) is 4. The number of aromatic amines is 1. The van der Waals surface area contributed by atoms with Crippen molar-refractivity contribution in [2.24, 2.45) is 16.8 Å². The number of methoxy groups -OCH3 is 1. The molecule has 0 saturated carbocycles. The number of aromatic nitrogens is 2. The molecule has 4 amide bonds. The van der Waals surface area contributed by atoms with E-state index in [0.717, 1.165) is 0 Å². The van der Waals surface area contributed by atoms with Gasteiger partial charge < -0.3 is 24.1 Å².